The Bertz CT molecular complexity index is 688. The molecule has 0 aliphatic carbocycles. The zero-order valence-electron chi connectivity index (χ0n) is 14.0. The van der Waals surface area contributed by atoms with E-state index < -0.39 is 0 Å². The number of halogens is 1. The van der Waals surface area contributed by atoms with E-state index in [0.29, 0.717) is 36.0 Å². The molecule has 0 heterocycles. The van der Waals surface area contributed by atoms with Gasteiger partial charge in [0.25, 0.3) is 5.91 Å². The highest BCUT2D eigenvalue weighted by Crippen LogP contribution is 2.31. The molecule has 0 aliphatic heterocycles. The molecule has 0 spiro atoms. The van der Waals surface area contributed by atoms with Gasteiger partial charge >= 0.3 is 0 Å². The van der Waals surface area contributed by atoms with Crippen molar-refractivity contribution in [3.05, 3.63) is 52.5 Å². The summed E-state index contributed by atoms with van der Waals surface area (Å²) in [6.07, 6.45) is 1.83. The van der Waals surface area contributed by atoms with Crippen molar-refractivity contribution in [1.29, 1.82) is 0 Å². The molecular formula is C19H22BrNO3. The van der Waals surface area contributed by atoms with Crippen molar-refractivity contribution in [2.45, 2.75) is 26.7 Å². The number of rotatable bonds is 8. The van der Waals surface area contributed by atoms with Crippen LogP contribution in [0.15, 0.2) is 46.9 Å². The molecule has 2 rings (SSSR count). The van der Waals surface area contributed by atoms with Gasteiger partial charge in [-0.2, -0.15) is 0 Å². The zero-order chi connectivity index (χ0) is 17.4. The summed E-state index contributed by atoms with van der Waals surface area (Å²) in [4.78, 5) is 12.4. The molecule has 0 aliphatic rings. The van der Waals surface area contributed by atoms with Crippen LogP contribution in [0.2, 0.25) is 0 Å². The van der Waals surface area contributed by atoms with Gasteiger partial charge in [-0.3, -0.25) is 4.79 Å². The number of amides is 1. The summed E-state index contributed by atoms with van der Waals surface area (Å²) in [5, 5.41) is 2.89. The van der Waals surface area contributed by atoms with Gasteiger partial charge in [0.2, 0.25) is 0 Å². The molecule has 1 N–H and O–H groups in total. The Balaban J connectivity index is 2.17. The molecule has 24 heavy (non-hydrogen) atoms. The van der Waals surface area contributed by atoms with Crippen LogP contribution in [0.4, 0.5) is 5.69 Å². The lowest BCUT2D eigenvalue weighted by atomic mass is 10.2. The summed E-state index contributed by atoms with van der Waals surface area (Å²) < 4.78 is 12.2. The molecule has 0 saturated heterocycles. The van der Waals surface area contributed by atoms with Crippen molar-refractivity contribution >= 4 is 27.5 Å². The van der Waals surface area contributed by atoms with Gasteiger partial charge in [-0.05, 0) is 53.0 Å². The van der Waals surface area contributed by atoms with Gasteiger partial charge in [0.15, 0.2) is 11.5 Å². The van der Waals surface area contributed by atoms with E-state index >= 15 is 0 Å². The number of carbonyl (C=O) groups is 1. The van der Waals surface area contributed by atoms with Gasteiger partial charge < -0.3 is 14.8 Å². The third-order valence-corrected chi connectivity index (χ3v) is 3.93. The standard InChI is InChI=1S/C19H22BrNO3/c1-3-11-23-17-10-9-14(13-18(17)24-12-4-2)21-19(22)15-7-5-6-8-16(15)20/h5-10,13H,3-4,11-12H2,1-2H3,(H,21,22). The third kappa shape index (κ3) is 4.99. The summed E-state index contributed by atoms with van der Waals surface area (Å²) in [6, 6.07) is 12.8. The van der Waals surface area contributed by atoms with Gasteiger partial charge in [-0.15, -0.1) is 0 Å². The van der Waals surface area contributed by atoms with Crippen LogP contribution >= 0.6 is 15.9 Å². The fraction of sp³-hybridized carbons (Fsp3) is 0.316. The van der Waals surface area contributed by atoms with E-state index in [1.54, 1.807) is 12.1 Å². The Labute approximate surface area is 151 Å². The first-order valence-corrected chi connectivity index (χ1v) is 8.90. The average Bonchev–Trinajstić information content (AvgIpc) is 2.59. The van der Waals surface area contributed by atoms with E-state index in [1.807, 2.05) is 37.3 Å². The SMILES string of the molecule is CCCOc1ccc(NC(=O)c2ccccc2Br)cc1OCCC. The minimum atomic E-state index is -0.175. The smallest absolute Gasteiger partial charge is 0.256 e. The van der Waals surface area contributed by atoms with Crippen LogP contribution in [0.5, 0.6) is 11.5 Å². The van der Waals surface area contributed by atoms with Crippen molar-refractivity contribution in [3.63, 3.8) is 0 Å². The van der Waals surface area contributed by atoms with Crippen LogP contribution < -0.4 is 14.8 Å². The minimum absolute atomic E-state index is 0.175. The molecule has 1 amide bonds. The second-order valence-corrected chi connectivity index (χ2v) is 6.15. The Morgan fingerprint density at radius 2 is 1.67 bits per heavy atom. The lowest BCUT2D eigenvalue weighted by molar-refractivity contribution is 0.102. The molecule has 0 saturated carbocycles. The fourth-order valence-electron chi connectivity index (χ4n) is 2.09. The third-order valence-electron chi connectivity index (χ3n) is 3.24. The molecule has 4 nitrogen and oxygen atoms in total. The highest BCUT2D eigenvalue weighted by molar-refractivity contribution is 9.10. The van der Waals surface area contributed by atoms with Crippen LogP contribution in [0, 0.1) is 0 Å². The molecule has 0 unspecified atom stereocenters. The number of nitrogens with one attached hydrogen (secondary N) is 1. The first-order valence-electron chi connectivity index (χ1n) is 8.11. The van der Waals surface area contributed by atoms with Gasteiger partial charge in [0, 0.05) is 16.2 Å². The summed E-state index contributed by atoms with van der Waals surface area (Å²) in [5.74, 6) is 1.17. The Hall–Kier alpha value is -2.01. The Morgan fingerprint density at radius 3 is 2.33 bits per heavy atom. The van der Waals surface area contributed by atoms with E-state index in [1.165, 1.54) is 0 Å². The normalized spacial score (nSPS) is 10.3. The van der Waals surface area contributed by atoms with Gasteiger partial charge in [-0.1, -0.05) is 26.0 Å². The van der Waals surface area contributed by atoms with Crippen molar-refractivity contribution in [2.75, 3.05) is 18.5 Å². The molecule has 0 radical (unpaired) electrons. The van der Waals surface area contributed by atoms with E-state index in [2.05, 4.69) is 28.2 Å². The first-order chi connectivity index (χ1) is 11.7. The topological polar surface area (TPSA) is 47.6 Å². The second kappa shape index (κ2) is 9.33. The van der Waals surface area contributed by atoms with E-state index in [9.17, 15) is 4.79 Å². The monoisotopic (exact) mass is 391 g/mol. The lowest BCUT2D eigenvalue weighted by Crippen LogP contribution is -2.12. The van der Waals surface area contributed by atoms with Crippen LogP contribution in [0.3, 0.4) is 0 Å². The molecule has 0 bridgehead atoms. The van der Waals surface area contributed by atoms with Gasteiger partial charge in [0.1, 0.15) is 0 Å². The maximum Gasteiger partial charge on any atom is 0.256 e. The lowest BCUT2D eigenvalue weighted by Gasteiger charge is -2.14. The van der Waals surface area contributed by atoms with Crippen LogP contribution in [0.1, 0.15) is 37.0 Å². The number of carbonyl (C=O) groups excluding carboxylic acids is 1. The largest absolute Gasteiger partial charge is 0.490 e. The Morgan fingerprint density at radius 1 is 1.00 bits per heavy atom. The molecule has 0 atom stereocenters. The predicted octanol–water partition coefficient (Wildman–Crippen LogP) is 5.28. The van der Waals surface area contributed by atoms with Crippen LogP contribution in [0.25, 0.3) is 0 Å². The van der Waals surface area contributed by atoms with E-state index in [-0.39, 0.29) is 5.91 Å². The zero-order valence-corrected chi connectivity index (χ0v) is 15.6. The second-order valence-electron chi connectivity index (χ2n) is 5.29. The summed E-state index contributed by atoms with van der Waals surface area (Å²) in [7, 11) is 0. The number of hydrogen-bond donors (Lipinski definition) is 1. The molecule has 0 fully saturated rings. The van der Waals surface area contributed by atoms with Gasteiger partial charge in [0.05, 0.1) is 18.8 Å². The average molecular weight is 392 g/mol. The maximum absolute atomic E-state index is 12.4. The van der Waals surface area contributed by atoms with E-state index in [4.69, 9.17) is 9.47 Å². The maximum atomic E-state index is 12.4. The number of hydrogen-bond acceptors (Lipinski definition) is 3. The highest BCUT2D eigenvalue weighted by atomic mass is 79.9. The molecule has 128 valence electrons. The molecule has 2 aromatic rings. The molecule has 2 aromatic carbocycles. The highest BCUT2D eigenvalue weighted by Gasteiger charge is 2.12. The molecule has 0 aromatic heterocycles. The minimum Gasteiger partial charge on any atom is -0.490 e. The quantitative estimate of drug-likeness (QED) is 0.665. The fourth-order valence-corrected chi connectivity index (χ4v) is 2.55. The van der Waals surface area contributed by atoms with Crippen molar-refractivity contribution in [3.8, 4) is 11.5 Å². The van der Waals surface area contributed by atoms with Crippen molar-refractivity contribution in [2.24, 2.45) is 0 Å². The molecular weight excluding hydrogens is 370 g/mol. The summed E-state index contributed by atoms with van der Waals surface area (Å²) >= 11 is 3.39. The summed E-state index contributed by atoms with van der Waals surface area (Å²) in [5.41, 5.74) is 1.26. The van der Waals surface area contributed by atoms with E-state index in [0.717, 1.165) is 17.3 Å². The Kier molecular flexibility index (Phi) is 7.12. The van der Waals surface area contributed by atoms with Crippen LogP contribution in [-0.4, -0.2) is 19.1 Å². The number of ether oxygens (including phenoxy) is 2. The number of anilines is 1. The molecule has 5 heteroatoms. The van der Waals surface area contributed by atoms with Crippen molar-refractivity contribution < 1.29 is 14.3 Å². The van der Waals surface area contributed by atoms with Crippen LogP contribution in [-0.2, 0) is 0 Å². The number of benzene rings is 2. The predicted molar refractivity (Wildman–Crippen MR) is 100 cm³/mol. The van der Waals surface area contributed by atoms with Crippen molar-refractivity contribution in [1.82, 2.24) is 0 Å². The first kappa shape index (κ1) is 18.3. The summed E-state index contributed by atoms with van der Waals surface area (Å²) in [6.45, 7) is 5.33. The van der Waals surface area contributed by atoms with Gasteiger partial charge in [-0.25, -0.2) is 0 Å².